The van der Waals surface area contributed by atoms with Crippen molar-refractivity contribution in [1.82, 2.24) is 10.3 Å². The van der Waals surface area contributed by atoms with E-state index >= 15 is 0 Å². The van der Waals surface area contributed by atoms with Crippen molar-refractivity contribution in [2.45, 2.75) is 6.10 Å². The zero-order chi connectivity index (χ0) is 9.80. The molecule has 0 spiro atoms. The summed E-state index contributed by atoms with van der Waals surface area (Å²) in [6.07, 6.45) is 2.34. The summed E-state index contributed by atoms with van der Waals surface area (Å²) in [5.74, 6) is 0. The largest absolute Gasteiger partial charge is 0.371 e. The van der Waals surface area contributed by atoms with Crippen molar-refractivity contribution in [2.75, 3.05) is 19.7 Å². The highest BCUT2D eigenvalue weighted by Gasteiger charge is 2.18. The number of pyridine rings is 1. The number of carbonyl (C=O) groups excluding carboxylic acids is 1. The standard InChI is InChI=1S/C10H12N2O2/c13-7-9-8(2-1-3-12-9)10-6-11-4-5-14-10/h1-3,7,10-11H,4-6H2. The highest BCUT2D eigenvalue weighted by Crippen LogP contribution is 2.19. The third kappa shape index (κ3) is 1.81. The van der Waals surface area contributed by atoms with Crippen LogP contribution in [0.15, 0.2) is 18.3 Å². The number of carbonyl (C=O) groups is 1. The fraction of sp³-hybridized carbons (Fsp3) is 0.400. The van der Waals surface area contributed by atoms with Gasteiger partial charge in [-0.05, 0) is 6.07 Å². The van der Waals surface area contributed by atoms with Gasteiger partial charge in [0.2, 0.25) is 0 Å². The molecule has 0 bridgehead atoms. The molecular weight excluding hydrogens is 180 g/mol. The molecule has 0 aliphatic carbocycles. The summed E-state index contributed by atoms with van der Waals surface area (Å²) >= 11 is 0. The first kappa shape index (κ1) is 9.30. The Morgan fingerprint density at radius 3 is 3.29 bits per heavy atom. The maximum atomic E-state index is 10.7. The molecule has 0 radical (unpaired) electrons. The van der Waals surface area contributed by atoms with Gasteiger partial charge in [-0.25, -0.2) is 0 Å². The lowest BCUT2D eigenvalue weighted by Crippen LogP contribution is -2.33. The molecule has 1 atom stereocenters. The average molecular weight is 192 g/mol. The van der Waals surface area contributed by atoms with E-state index in [0.717, 1.165) is 24.9 Å². The first-order valence-corrected chi connectivity index (χ1v) is 4.64. The number of hydrogen-bond acceptors (Lipinski definition) is 4. The number of nitrogens with zero attached hydrogens (tertiary/aromatic N) is 1. The van der Waals surface area contributed by atoms with Gasteiger partial charge < -0.3 is 10.1 Å². The van der Waals surface area contributed by atoms with Gasteiger partial charge in [0, 0.05) is 24.8 Å². The monoisotopic (exact) mass is 192 g/mol. The molecule has 14 heavy (non-hydrogen) atoms. The molecule has 4 nitrogen and oxygen atoms in total. The van der Waals surface area contributed by atoms with Crippen molar-refractivity contribution >= 4 is 6.29 Å². The quantitative estimate of drug-likeness (QED) is 0.695. The smallest absolute Gasteiger partial charge is 0.168 e. The Balaban J connectivity index is 2.24. The lowest BCUT2D eigenvalue weighted by Gasteiger charge is -2.24. The van der Waals surface area contributed by atoms with Gasteiger partial charge in [-0.2, -0.15) is 0 Å². The van der Waals surface area contributed by atoms with Crippen LogP contribution >= 0.6 is 0 Å². The maximum Gasteiger partial charge on any atom is 0.168 e. The molecule has 2 rings (SSSR count). The second-order valence-corrected chi connectivity index (χ2v) is 3.16. The van der Waals surface area contributed by atoms with E-state index in [1.165, 1.54) is 0 Å². The van der Waals surface area contributed by atoms with Crippen molar-refractivity contribution in [3.63, 3.8) is 0 Å². The van der Waals surface area contributed by atoms with Crippen molar-refractivity contribution in [3.05, 3.63) is 29.6 Å². The predicted molar refractivity (Wildman–Crippen MR) is 51.2 cm³/mol. The molecule has 2 heterocycles. The van der Waals surface area contributed by atoms with Crippen LogP contribution in [0, 0.1) is 0 Å². The zero-order valence-corrected chi connectivity index (χ0v) is 7.77. The van der Waals surface area contributed by atoms with Crippen molar-refractivity contribution in [1.29, 1.82) is 0 Å². The van der Waals surface area contributed by atoms with E-state index in [0.29, 0.717) is 12.3 Å². The van der Waals surface area contributed by atoms with Crippen LogP contribution < -0.4 is 5.32 Å². The maximum absolute atomic E-state index is 10.7. The second-order valence-electron chi connectivity index (χ2n) is 3.16. The van der Waals surface area contributed by atoms with Crippen LogP contribution in [-0.2, 0) is 4.74 Å². The summed E-state index contributed by atoms with van der Waals surface area (Å²) in [4.78, 5) is 14.7. The molecule has 4 heteroatoms. The van der Waals surface area contributed by atoms with Crippen LogP contribution in [-0.4, -0.2) is 31.0 Å². The number of rotatable bonds is 2. The Morgan fingerprint density at radius 2 is 2.57 bits per heavy atom. The minimum Gasteiger partial charge on any atom is -0.371 e. The summed E-state index contributed by atoms with van der Waals surface area (Å²) in [7, 11) is 0. The van der Waals surface area contributed by atoms with E-state index in [4.69, 9.17) is 4.74 Å². The molecule has 0 amide bonds. The predicted octanol–water partition coefficient (Wildman–Crippen LogP) is 0.555. The zero-order valence-electron chi connectivity index (χ0n) is 7.77. The van der Waals surface area contributed by atoms with Crippen LogP contribution in [0.25, 0.3) is 0 Å². The van der Waals surface area contributed by atoms with Crippen LogP contribution in [0.1, 0.15) is 22.2 Å². The summed E-state index contributed by atoms with van der Waals surface area (Å²) in [5, 5.41) is 3.22. The number of nitrogens with one attached hydrogen (secondary N) is 1. The SMILES string of the molecule is O=Cc1ncccc1C1CNCCO1. The number of aromatic nitrogens is 1. The summed E-state index contributed by atoms with van der Waals surface area (Å²) < 4.78 is 5.55. The minimum absolute atomic E-state index is 0.0438. The van der Waals surface area contributed by atoms with Crippen molar-refractivity contribution in [3.8, 4) is 0 Å². The number of morpholine rings is 1. The van der Waals surface area contributed by atoms with E-state index in [1.54, 1.807) is 6.20 Å². The molecule has 74 valence electrons. The van der Waals surface area contributed by atoms with E-state index in [9.17, 15) is 4.79 Å². The first-order chi connectivity index (χ1) is 6.92. The normalized spacial score (nSPS) is 21.9. The second kappa shape index (κ2) is 4.30. The molecule has 1 N–H and O–H groups in total. The van der Waals surface area contributed by atoms with Crippen molar-refractivity contribution < 1.29 is 9.53 Å². The Bertz CT molecular complexity index is 322. The molecule has 1 aliphatic heterocycles. The van der Waals surface area contributed by atoms with Gasteiger partial charge >= 0.3 is 0 Å². The van der Waals surface area contributed by atoms with Gasteiger partial charge in [0.05, 0.1) is 12.7 Å². The fourth-order valence-corrected chi connectivity index (χ4v) is 1.57. The first-order valence-electron chi connectivity index (χ1n) is 4.64. The van der Waals surface area contributed by atoms with Gasteiger partial charge in [-0.3, -0.25) is 9.78 Å². The van der Waals surface area contributed by atoms with Crippen molar-refractivity contribution in [2.24, 2.45) is 0 Å². The van der Waals surface area contributed by atoms with E-state index in [2.05, 4.69) is 10.3 Å². The van der Waals surface area contributed by atoms with E-state index in [1.807, 2.05) is 12.1 Å². The molecule has 1 aromatic heterocycles. The molecule has 1 aliphatic rings. The molecule has 1 aromatic rings. The highest BCUT2D eigenvalue weighted by molar-refractivity contribution is 5.74. The van der Waals surface area contributed by atoms with Gasteiger partial charge in [0.1, 0.15) is 5.69 Å². The van der Waals surface area contributed by atoms with Crippen LogP contribution in [0.5, 0.6) is 0 Å². The molecule has 0 saturated carbocycles. The Kier molecular flexibility index (Phi) is 2.86. The lowest BCUT2D eigenvalue weighted by molar-refractivity contribution is 0.0270. The van der Waals surface area contributed by atoms with Crippen LogP contribution in [0.4, 0.5) is 0 Å². The summed E-state index contributed by atoms with van der Waals surface area (Å²) in [5.41, 5.74) is 1.34. The topological polar surface area (TPSA) is 51.2 Å². The molecular formula is C10H12N2O2. The van der Waals surface area contributed by atoms with E-state index in [-0.39, 0.29) is 6.10 Å². The molecule has 1 unspecified atom stereocenters. The Morgan fingerprint density at radius 1 is 1.64 bits per heavy atom. The van der Waals surface area contributed by atoms with Gasteiger partial charge in [0.15, 0.2) is 6.29 Å². The van der Waals surface area contributed by atoms with Crippen LogP contribution in [0.3, 0.4) is 0 Å². The Labute approximate surface area is 82.3 Å². The van der Waals surface area contributed by atoms with Gasteiger partial charge in [-0.15, -0.1) is 0 Å². The average Bonchev–Trinajstić information content (AvgIpc) is 2.30. The van der Waals surface area contributed by atoms with Gasteiger partial charge in [-0.1, -0.05) is 6.07 Å². The highest BCUT2D eigenvalue weighted by atomic mass is 16.5. The third-order valence-corrected chi connectivity index (χ3v) is 2.26. The molecule has 1 fully saturated rings. The molecule has 0 aromatic carbocycles. The molecule has 1 saturated heterocycles. The summed E-state index contributed by atoms with van der Waals surface area (Å²) in [6.45, 7) is 2.29. The van der Waals surface area contributed by atoms with Crippen LogP contribution in [0.2, 0.25) is 0 Å². The minimum atomic E-state index is -0.0438. The number of hydrogen-bond donors (Lipinski definition) is 1. The number of ether oxygens (including phenoxy) is 1. The Hall–Kier alpha value is -1.26. The number of aldehydes is 1. The summed E-state index contributed by atoms with van der Waals surface area (Å²) in [6, 6.07) is 3.70. The van der Waals surface area contributed by atoms with E-state index < -0.39 is 0 Å². The van der Waals surface area contributed by atoms with Gasteiger partial charge in [0.25, 0.3) is 0 Å². The lowest BCUT2D eigenvalue weighted by atomic mass is 10.1. The third-order valence-electron chi connectivity index (χ3n) is 2.26. The fourth-order valence-electron chi connectivity index (χ4n) is 1.57.